The number of rotatable bonds is 2. The van der Waals surface area contributed by atoms with Crippen molar-refractivity contribution in [2.45, 2.75) is 17.1 Å². The third-order valence-corrected chi connectivity index (χ3v) is 6.80. The van der Waals surface area contributed by atoms with Crippen molar-refractivity contribution in [1.82, 2.24) is 10.2 Å². The molecule has 1 amide bonds. The lowest BCUT2D eigenvalue weighted by atomic mass is 9.92. The van der Waals surface area contributed by atoms with E-state index in [9.17, 15) is 13.2 Å². The molecule has 6 nitrogen and oxygen atoms in total. The van der Waals surface area contributed by atoms with Crippen molar-refractivity contribution in [1.29, 1.82) is 0 Å². The number of halogens is 1. The van der Waals surface area contributed by atoms with Crippen LogP contribution < -0.4 is 10.5 Å². The average Bonchev–Trinajstić information content (AvgIpc) is 3.03. The minimum absolute atomic E-state index is 0. The Morgan fingerprint density at radius 3 is 2.36 bits per heavy atom. The second-order valence-corrected chi connectivity index (χ2v) is 8.45. The fourth-order valence-electron chi connectivity index (χ4n) is 3.18. The van der Waals surface area contributed by atoms with Gasteiger partial charge in [0.1, 0.15) is 4.21 Å². The first-order valence-electron chi connectivity index (χ1n) is 7.06. The molecular weight excluding hydrogens is 346 g/mol. The summed E-state index contributed by atoms with van der Waals surface area (Å²) in [6.45, 7) is 3.56. The van der Waals surface area contributed by atoms with Crippen LogP contribution in [0.1, 0.15) is 23.2 Å². The highest BCUT2D eigenvalue weighted by Gasteiger charge is 2.32. The van der Waals surface area contributed by atoms with Crippen molar-refractivity contribution in [2.75, 3.05) is 26.2 Å². The predicted octanol–water partition coefficient (Wildman–Crippen LogP) is 0.889. The number of carbonyl (C=O) groups excluding carboxylic acids is 1. The van der Waals surface area contributed by atoms with Gasteiger partial charge in [0.2, 0.25) is 10.0 Å². The number of carbonyl (C=O) groups is 1. The van der Waals surface area contributed by atoms with E-state index in [1.54, 1.807) is 5.38 Å². The van der Waals surface area contributed by atoms with Gasteiger partial charge < -0.3 is 10.2 Å². The number of nitrogens with zero attached hydrogens (tertiary/aromatic N) is 1. The molecule has 3 heterocycles. The van der Waals surface area contributed by atoms with Crippen LogP contribution in [0.15, 0.2) is 15.7 Å². The number of nitrogens with one attached hydrogen (secondary N) is 1. The van der Waals surface area contributed by atoms with Crippen LogP contribution in [0.5, 0.6) is 0 Å². The minimum atomic E-state index is -3.73. The van der Waals surface area contributed by atoms with Crippen molar-refractivity contribution >= 4 is 39.7 Å². The van der Waals surface area contributed by atoms with E-state index < -0.39 is 10.0 Å². The largest absolute Gasteiger partial charge is 0.339 e. The monoisotopic (exact) mass is 365 g/mol. The molecule has 0 radical (unpaired) electrons. The van der Waals surface area contributed by atoms with Crippen molar-refractivity contribution in [2.24, 2.45) is 17.0 Å². The van der Waals surface area contributed by atoms with Crippen molar-refractivity contribution < 1.29 is 13.2 Å². The topological polar surface area (TPSA) is 92.5 Å². The molecule has 2 aliphatic rings. The van der Waals surface area contributed by atoms with Crippen LogP contribution in [-0.2, 0) is 10.0 Å². The number of primary sulfonamides is 1. The Morgan fingerprint density at radius 1 is 1.27 bits per heavy atom. The third kappa shape index (κ3) is 3.62. The van der Waals surface area contributed by atoms with E-state index in [4.69, 9.17) is 5.14 Å². The normalized spacial score (nSPS) is 25.2. The molecule has 2 aliphatic heterocycles. The quantitative estimate of drug-likeness (QED) is 0.814. The maximum atomic E-state index is 12.5. The molecule has 3 rings (SSSR count). The van der Waals surface area contributed by atoms with Gasteiger partial charge in [0, 0.05) is 18.5 Å². The van der Waals surface area contributed by atoms with Gasteiger partial charge in [-0.25, -0.2) is 13.6 Å². The van der Waals surface area contributed by atoms with Crippen molar-refractivity contribution in [3.63, 3.8) is 0 Å². The summed E-state index contributed by atoms with van der Waals surface area (Å²) < 4.78 is 22.6. The Bertz CT molecular complexity index is 633. The summed E-state index contributed by atoms with van der Waals surface area (Å²) in [5.74, 6) is 1.23. The van der Waals surface area contributed by atoms with Crippen LogP contribution in [0.2, 0.25) is 0 Å². The SMILES string of the molecule is Cl.NS(=O)(=O)c1cc(C(=O)N2CC[C@@H]3CNC[C@@H]3CC2)cs1. The molecule has 0 bridgehead atoms. The van der Waals surface area contributed by atoms with Gasteiger partial charge in [-0.2, -0.15) is 0 Å². The number of thiophene rings is 1. The van der Waals surface area contributed by atoms with Gasteiger partial charge in [0.05, 0.1) is 5.56 Å². The number of sulfonamides is 1. The Morgan fingerprint density at radius 2 is 1.86 bits per heavy atom. The number of amides is 1. The molecule has 0 aliphatic carbocycles. The molecule has 124 valence electrons. The lowest BCUT2D eigenvalue weighted by molar-refractivity contribution is 0.0759. The van der Waals surface area contributed by atoms with E-state index in [1.165, 1.54) is 6.07 Å². The number of hydrogen-bond acceptors (Lipinski definition) is 5. The molecule has 2 atom stereocenters. The van der Waals surface area contributed by atoms with Gasteiger partial charge in [0.25, 0.3) is 5.91 Å². The molecule has 0 aromatic carbocycles. The van der Waals surface area contributed by atoms with Crippen LogP contribution in [0, 0.1) is 11.8 Å². The van der Waals surface area contributed by atoms with Gasteiger partial charge >= 0.3 is 0 Å². The summed E-state index contributed by atoms with van der Waals surface area (Å²) in [5.41, 5.74) is 0.425. The molecule has 0 spiro atoms. The molecule has 22 heavy (non-hydrogen) atoms. The van der Waals surface area contributed by atoms with Crippen LogP contribution in [-0.4, -0.2) is 45.4 Å². The highest BCUT2D eigenvalue weighted by molar-refractivity contribution is 7.91. The summed E-state index contributed by atoms with van der Waals surface area (Å²) in [4.78, 5) is 14.3. The molecule has 1 aromatic heterocycles. The van der Waals surface area contributed by atoms with Crippen LogP contribution in [0.3, 0.4) is 0 Å². The maximum absolute atomic E-state index is 12.5. The number of hydrogen-bond donors (Lipinski definition) is 2. The van der Waals surface area contributed by atoms with Crippen LogP contribution >= 0.6 is 23.7 Å². The van der Waals surface area contributed by atoms with E-state index in [2.05, 4.69) is 5.32 Å². The van der Waals surface area contributed by atoms with Gasteiger partial charge in [-0.15, -0.1) is 23.7 Å². The Kier molecular flexibility index (Phi) is 5.50. The molecule has 9 heteroatoms. The lowest BCUT2D eigenvalue weighted by Crippen LogP contribution is -2.32. The van der Waals surface area contributed by atoms with Gasteiger partial charge in [-0.1, -0.05) is 0 Å². The van der Waals surface area contributed by atoms with Gasteiger partial charge in [-0.05, 0) is 43.8 Å². The molecule has 0 saturated carbocycles. The highest BCUT2D eigenvalue weighted by atomic mass is 35.5. The summed E-state index contributed by atoms with van der Waals surface area (Å²) >= 11 is 1.00. The molecule has 0 unspecified atom stereocenters. The molecular formula is C13H20ClN3O3S2. The third-order valence-electron chi connectivity index (χ3n) is 4.41. The first-order valence-corrected chi connectivity index (χ1v) is 9.49. The van der Waals surface area contributed by atoms with E-state index in [0.29, 0.717) is 17.4 Å². The van der Waals surface area contributed by atoms with E-state index in [0.717, 1.165) is 50.4 Å². The molecule has 2 fully saturated rings. The number of likely N-dealkylation sites (tertiary alicyclic amines) is 1. The average molecular weight is 366 g/mol. The van der Waals surface area contributed by atoms with Crippen molar-refractivity contribution in [3.8, 4) is 0 Å². The van der Waals surface area contributed by atoms with Crippen LogP contribution in [0.4, 0.5) is 0 Å². The second-order valence-electron chi connectivity index (χ2n) is 5.75. The molecule has 2 saturated heterocycles. The fourth-order valence-corrected chi connectivity index (χ4v) is 4.76. The summed E-state index contributed by atoms with van der Waals surface area (Å²) in [5, 5.41) is 10.1. The standard InChI is InChI=1S/C13H19N3O3S2.ClH/c14-21(18,19)12-5-11(8-20-12)13(17)16-3-1-9-6-15-7-10(9)2-4-16;/h5,8-10,15H,1-4,6-7H2,(H2,14,18,19);1H/t9-,10+;. The Hall–Kier alpha value is -0.670. The van der Waals surface area contributed by atoms with E-state index >= 15 is 0 Å². The highest BCUT2D eigenvalue weighted by Crippen LogP contribution is 2.28. The molecule has 3 N–H and O–H groups in total. The van der Waals surface area contributed by atoms with Crippen LogP contribution in [0.25, 0.3) is 0 Å². The molecule has 1 aromatic rings. The first-order chi connectivity index (χ1) is 9.95. The summed E-state index contributed by atoms with van der Waals surface area (Å²) in [6, 6.07) is 1.38. The Balaban J connectivity index is 0.00000176. The van der Waals surface area contributed by atoms with E-state index in [1.807, 2.05) is 4.90 Å². The summed E-state index contributed by atoms with van der Waals surface area (Å²) in [7, 11) is -3.73. The number of fused-ring (bicyclic) bond motifs is 1. The summed E-state index contributed by atoms with van der Waals surface area (Å²) in [6.07, 6.45) is 2.02. The maximum Gasteiger partial charge on any atom is 0.254 e. The first kappa shape index (κ1) is 17.7. The van der Waals surface area contributed by atoms with Gasteiger partial charge in [-0.3, -0.25) is 4.79 Å². The predicted molar refractivity (Wildman–Crippen MR) is 87.9 cm³/mol. The van der Waals surface area contributed by atoms with Crippen molar-refractivity contribution in [3.05, 3.63) is 17.0 Å². The van der Waals surface area contributed by atoms with E-state index in [-0.39, 0.29) is 22.5 Å². The Labute approximate surface area is 140 Å². The second kappa shape index (κ2) is 6.84. The zero-order chi connectivity index (χ0) is 15.0. The number of nitrogens with two attached hydrogens (primary N) is 1. The smallest absolute Gasteiger partial charge is 0.254 e. The zero-order valence-corrected chi connectivity index (χ0v) is 14.5. The zero-order valence-electron chi connectivity index (χ0n) is 12.0. The van der Waals surface area contributed by atoms with Gasteiger partial charge in [0.15, 0.2) is 0 Å². The fraction of sp³-hybridized carbons (Fsp3) is 0.615. The lowest BCUT2D eigenvalue weighted by Gasteiger charge is -2.20. The minimum Gasteiger partial charge on any atom is -0.339 e.